The van der Waals surface area contributed by atoms with E-state index in [0.717, 1.165) is 16.9 Å². The van der Waals surface area contributed by atoms with Gasteiger partial charge in [0.05, 0.1) is 18.2 Å². The summed E-state index contributed by atoms with van der Waals surface area (Å²) >= 11 is 0. The van der Waals surface area contributed by atoms with Crippen LogP contribution >= 0.6 is 0 Å². The third-order valence-corrected chi connectivity index (χ3v) is 3.29. The van der Waals surface area contributed by atoms with Crippen LogP contribution in [0.2, 0.25) is 0 Å². The van der Waals surface area contributed by atoms with Crippen molar-refractivity contribution in [1.82, 2.24) is 5.32 Å². The molecule has 0 fully saturated rings. The SMILES string of the molecule is CC(CO)NCc1cccc(OCc2cccc(C#N)c2)c1. The predicted octanol–water partition coefficient (Wildman–Crippen LogP) is 2.61. The van der Waals surface area contributed by atoms with E-state index in [4.69, 9.17) is 15.1 Å². The van der Waals surface area contributed by atoms with Crippen molar-refractivity contribution >= 4 is 0 Å². The Balaban J connectivity index is 1.94. The molecule has 0 saturated heterocycles. The standard InChI is InChI=1S/C18H20N2O2/c1-14(12-21)20-11-16-5-3-7-18(9-16)22-13-17-6-2-4-15(8-17)10-19/h2-9,14,20-21H,11-13H2,1H3. The minimum absolute atomic E-state index is 0.0679. The Bertz CT molecular complexity index is 650. The minimum atomic E-state index is 0.0679. The summed E-state index contributed by atoms with van der Waals surface area (Å²) in [6, 6.07) is 17.4. The largest absolute Gasteiger partial charge is 0.489 e. The zero-order chi connectivity index (χ0) is 15.8. The number of benzene rings is 2. The summed E-state index contributed by atoms with van der Waals surface area (Å²) in [5.41, 5.74) is 2.71. The second-order valence-corrected chi connectivity index (χ2v) is 5.21. The van der Waals surface area contributed by atoms with Gasteiger partial charge in [0.1, 0.15) is 12.4 Å². The van der Waals surface area contributed by atoms with Crippen LogP contribution < -0.4 is 10.1 Å². The number of rotatable bonds is 7. The van der Waals surface area contributed by atoms with Gasteiger partial charge in [0, 0.05) is 12.6 Å². The topological polar surface area (TPSA) is 65.3 Å². The van der Waals surface area contributed by atoms with Gasteiger partial charge in [-0.3, -0.25) is 0 Å². The lowest BCUT2D eigenvalue weighted by molar-refractivity contribution is 0.251. The van der Waals surface area contributed by atoms with E-state index >= 15 is 0 Å². The molecule has 0 amide bonds. The minimum Gasteiger partial charge on any atom is -0.489 e. The molecule has 0 aliphatic carbocycles. The zero-order valence-corrected chi connectivity index (χ0v) is 12.6. The van der Waals surface area contributed by atoms with E-state index in [2.05, 4.69) is 11.4 Å². The van der Waals surface area contributed by atoms with Crippen LogP contribution in [0.1, 0.15) is 23.6 Å². The molecule has 2 aromatic carbocycles. The Hall–Kier alpha value is -2.35. The summed E-state index contributed by atoms with van der Waals surface area (Å²) in [4.78, 5) is 0. The van der Waals surface area contributed by atoms with Gasteiger partial charge in [-0.1, -0.05) is 24.3 Å². The monoisotopic (exact) mass is 296 g/mol. The third-order valence-electron chi connectivity index (χ3n) is 3.29. The average Bonchev–Trinajstić information content (AvgIpc) is 2.58. The molecule has 0 aliphatic heterocycles. The molecule has 2 N–H and O–H groups in total. The highest BCUT2D eigenvalue weighted by molar-refractivity contribution is 5.33. The Kier molecular flexibility index (Phi) is 5.96. The van der Waals surface area contributed by atoms with Crippen molar-refractivity contribution in [2.75, 3.05) is 6.61 Å². The van der Waals surface area contributed by atoms with Crippen molar-refractivity contribution in [3.63, 3.8) is 0 Å². The zero-order valence-electron chi connectivity index (χ0n) is 12.6. The normalized spacial score (nSPS) is 11.7. The number of ether oxygens (including phenoxy) is 1. The van der Waals surface area contributed by atoms with Gasteiger partial charge in [0.2, 0.25) is 0 Å². The van der Waals surface area contributed by atoms with Crippen molar-refractivity contribution in [3.8, 4) is 11.8 Å². The summed E-state index contributed by atoms with van der Waals surface area (Å²) in [6.45, 7) is 3.16. The van der Waals surface area contributed by atoms with Gasteiger partial charge in [-0.25, -0.2) is 0 Å². The van der Waals surface area contributed by atoms with E-state index in [1.54, 1.807) is 6.07 Å². The van der Waals surface area contributed by atoms with Crippen molar-refractivity contribution in [3.05, 3.63) is 65.2 Å². The van der Waals surface area contributed by atoms with Crippen molar-refractivity contribution in [2.45, 2.75) is 26.1 Å². The van der Waals surface area contributed by atoms with Gasteiger partial charge in [0.15, 0.2) is 0 Å². The Morgan fingerprint density at radius 1 is 1.18 bits per heavy atom. The van der Waals surface area contributed by atoms with Crippen LogP contribution in [0.25, 0.3) is 0 Å². The maximum Gasteiger partial charge on any atom is 0.120 e. The van der Waals surface area contributed by atoms with Crippen LogP contribution in [0, 0.1) is 11.3 Å². The number of hydrogen-bond acceptors (Lipinski definition) is 4. The summed E-state index contributed by atoms with van der Waals surface area (Å²) < 4.78 is 5.78. The van der Waals surface area contributed by atoms with Crippen LogP contribution in [0.15, 0.2) is 48.5 Å². The Morgan fingerprint density at radius 3 is 2.73 bits per heavy atom. The fourth-order valence-electron chi connectivity index (χ4n) is 2.00. The lowest BCUT2D eigenvalue weighted by Crippen LogP contribution is -2.28. The molecule has 0 radical (unpaired) electrons. The predicted molar refractivity (Wildman–Crippen MR) is 85.3 cm³/mol. The highest BCUT2D eigenvalue weighted by atomic mass is 16.5. The van der Waals surface area contributed by atoms with Gasteiger partial charge in [0.25, 0.3) is 0 Å². The number of nitrogens with zero attached hydrogens (tertiary/aromatic N) is 1. The molecule has 2 aromatic rings. The van der Waals surface area contributed by atoms with Crippen LogP contribution in [0.4, 0.5) is 0 Å². The molecular weight excluding hydrogens is 276 g/mol. The first-order chi connectivity index (χ1) is 10.7. The fraction of sp³-hybridized carbons (Fsp3) is 0.278. The van der Waals surface area contributed by atoms with Gasteiger partial charge in [-0.15, -0.1) is 0 Å². The van der Waals surface area contributed by atoms with Gasteiger partial charge >= 0.3 is 0 Å². The lowest BCUT2D eigenvalue weighted by atomic mass is 10.1. The lowest BCUT2D eigenvalue weighted by Gasteiger charge is -2.12. The highest BCUT2D eigenvalue weighted by Gasteiger charge is 2.02. The first-order valence-electron chi connectivity index (χ1n) is 7.26. The first kappa shape index (κ1) is 16.0. The van der Waals surface area contributed by atoms with Crippen LogP contribution in [0.5, 0.6) is 5.75 Å². The van der Waals surface area contributed by atoms with E-state index in [0.29, 0.717) is 18.7 Å². The molecule has 0 spiro atoms. The summed E-state index contributed by atoms with van der Waals surface area (Å²) in [7, 11) is 0. The quantitative estimate of drug-likeness (QED) is 0.824. The molecule has 114 valence electrons. The maximum absolute atomic E-state index is 9.01. The molecular formula is C18H20N2O2. The summed E-state index contributed by atoms with van der Waals surface area (Å²) in [6.07, 6.45) is 0. The number of hydrogen-bond donors (Lipinski definition) is 2. The average molecular weight is 296 g/mol. The number of aliphatic hydroxyl groups excluding tert-OH is 1. The smallest absolute Gasteiger partial charge is 0.120 e. The second-order valence-electron chi connectivity index (χ2n) is 5.21. The maximum atomic E-state index is 9.01. The molecule has 2 rings (SSSR count). The molecule has 0 saturated carbocycles. The molecule has 0 bridgehead atoms. The van der Waals surface area contributed by atoms with E-state index < -0.39 is 0 Å². The summed E-state index contributed by atoms with van der Waals surface area (Å²) in [5.74, 6) is 0.790. The van der Waals surface area contributed by atoms with E-state index in [-0.39, 0.29) is 12.6 Å². The molecule has 22 heavy (non-hydrogen) atoms. The number of nitrogens with one attached hydrogen (secondary N) is 1. The molecule has 0 aliphatic rings. The number of nitriles is 1. The molecule has 0 heterocycles. The Labute approximate surface area is 131 Å². The van der Waals surface area contributed by atoms with Gasteiger partial charge < -0.3 is 15.2 Å². The molecule has 1 atom stereocenters. The van der Waals surface area contributed by atoms with Gasteiger partial charge in [-0.05, 0) is 42.3 Å². The van der Waals surface area contributed by atoms with Crippen LogP contribution in [0.3, 0.4) is 0 Å². The van der Waals surface area contributed by atoms with Crippen LogP contribution in [-0.2, 0) is 13.2 Å². The van der Waals surface area contributed by atoms with Gasteiger partial charge in [-0.2, -0.15) is 5.26 Å². The molecule has 4 heteroatoms. The third kappa shape index (κ3) is 4.88. The van der Waals surface area contributed by atoms with Crippen molar-refractivity contribution < 1.29 is 9.84 Å². The van der Waals surface area contributed by atoms with E-state index in [9.17, 15) is 0 Å². The molecule has 4 nitrogen and oxygen atoms in total. The van der Waals surface area contributed by atoms with E-state index in [1.807, 2.05) is 49.4 Å². The van der Waals surface area contributed by atoms with Crippen molar-refractivity contribution in [2.24, 2.45) is 0 Å². The summed E-state index contributed by atoms with van der Waals surface area (Å²) in [5, 5.41) is 21.1. The van der Waals surface area contributed by atoms with Crippen LogP contribution in [-0.4, -0.2) is 17.8 Å². The van der Waals surface area contributed by atoms with Crippen molar-refractivity contribution in [1.29, 1.82) is 5.26 Å². The fourth-order valence-corrected chi connectivity index (χ4v) is 2.00. The van der Waals surface area contributed by atoms with E-state index in [1.165, 1.54) is 0 Å². The first-order valence-corrected chi connectivity index (χ1v) is 7.26. The highest BCUT2D eigenvalue weighted by Crippen LogP contribution is 2.16. The number of aliphatic hydroxyl groups is 1. The Morgan fingerprint density at radius 2 is 1.95 bits per heavy atom. The molecule has 0 aromatic heterocycles. The second kappa shape index (κ2) is 8.18. The molecule has 1 unspecified atom stereocenters.